The van der Waals surface area contributed by atoms with Gasteiger partial charge in [0, 0.05) is 10.5 Å². The Labute approximate surface area is 117 Å². The van der Waals surface area contributed by atoms with Gasteiger partial charge in [-0.15, -0.1) is 0 Å². The molecule has 0 saturated heterocycles. The lowest BCUT2D eigenvalue weighted by Crippen LogP contribution is -2.40. The zero-order valence-corrected chi connectivity index (χ0v) is 11.2. The van der Waals surface area contributed by atoms with Crippen LogP contribution in [0.5, 0.6) is 0 Å². The maximum absolute atomic E-state index is 12.1. The van der Waals surface area contributed by atoms with Crippen LogP contribution >= 0.6 is 11.8 Å². The molecule has 0 heterocycles. The molecule has 0 saturated carbocycles. The Morgan fingerprint density at radius 2 is 1.85 bits per heavy atom. The quantitative estimate of drug-likeness (QED) is 0.821. The molecule has 1 aromatic rings. The molecule has 4 nitrogen and oxygen atoms in total. The van der Waals surface area contributed by atoms with Crippen molar-refractivity contribution in [3.8, 4) is 0 Å². The Bertz CT molecular complexity index is 488. The maximum atomic E-state index is 12.1. The van der Waals surface area contributed by atoms with Gasteiger partial charge in [0.15, 0.2) is 0 Å². The highest BCUT2D eigenvalue weighted by molar-refractivity contribution is 8.00. The van der Waals surface area contributed by atoms with Crippen molar-refractivity contribution in [2.24, 2.45) is 0 Å². The van der Waals surface area contributed by atoms with Gasteiger partial charge in [0.05, 0.1) is 0 Å². The van der Waals surface area contributed by atoms with E-state index in [1.807, 2.05) is 0 Å². The zero-order chi connectivity index (χ0) is 15.3. The van der Waals surface area contributed by atoms with Crippen molar-refractivity contribution < 1.29 is 27.9 Å². The lowest BCUT2D eigenvalue weighted by Gasteiger charge is -2.12. The van der Waals surface area contributed by atoms with Crippen molar-refractivity contribution in [2.75, 3.05) is 0 Å². The molecule has 1 atom stereocenters. The van der Waals surface area contributed by atoms with Gasteiger partial charge in [-0.3, -0.25) is 4.79 Å². The number of carboxylic acids is 1. The van der Waals surface area contributed by atoms with Crippen molar-refractivity contribution in [3.05, 3.63) is 29.8 Å². The van der Waals surface area contributed by atoms with Crippen LogP contribution in [0.1, 0.15) is 23.7 Å². The van der Waals surface area contributed by atoms with Gasteiger partial charge in [0.1, 0.15) is 6.04 Å². The predicted octanol–water partition coefficient (Wildman–Crippen LogP) is 2.89. The van der Waals surface area contributed by atoms with E-state index in [0.717, 1.165) is 12.1 Å². The molecule has 1 aromatic carbocycles. The van der Waals surface area contributed by atoms with Crippen molar-refractivity contribution >= 4 is 23.6 Å². The minimum atomic E-state index is -4.39. The molecule has 1 amide bonds. The number of nitrogens with one attached hydrogen (secondary N) is 1. The summed E-state index contributed by atoms with van der Waals surface area (Å²) in [5, 5.41) is 11.1. The number of halogens is 3. The van der Waals surface area contributed by atoms with Crippen LogP contribution in [0, 0.1) is 0 Å². The van der Waals surface area contributed by atoms with Gasteiger partial charge in [-0.25, -0.2) is 4.79 Å². The number of rotatable bonds is 5. The first-order chi connectivity index (χ1) is 9.23. The van der Waals surface area contributed by atoms with E-state index in [-0.39, 0.29) is 28.6 Å². The molecule has 8 heteroatoms. The fourth-order valence-electron chi connectivity index (χ4n) is 1.39. The first kappa shape index (κ1) is 16.4. The summed E-state index contributed by atoms with van der Waals surface area (Å²) in [6.45, 7) is 1.60. The van der Waals surface area contributed by atoms with Crippen LogP contribution in [0.15, 0.2) is 29.2 Å². The van der Waals surface area contributed by atoms with Gasteiger partial charge in [-0.1, -0.05) is 6.92 Å². The molecule has 0 bridgehead atoms. The number of benzene rings is 1. The number of amides is 1. The number of carboxylic acid groups (broad SMARTS) is 1. The van der Waals surface area contributed by atoms with Crippen LogP contribution < -0.4 is 5.32 Å². The number of hydrogen-bond acceptors (Lipinski definition) is 3. The Morgan fingerprint density at radius 3 is 2.25 bits per heavy atom. The lowest BCUT2D eigenvalue weighted by atomic mass is 10.1. The van der Waals surface area contributed by atoms with Crippen molar-refractivity contribution in [1.82, 2.24) is 5.32 Å². The maximum Gasteiger partial charge on any atom is 0.446 e. The fraction of sp³-hybridized carbons (Fsp3) is 0.333. The number of hydrogen-bond donors (Lipinski definition) is 2. The summed E-state index contributed by atoms with van der Waals surface area (Å²) < 4.78 is 36.4. The van der Waals surface area contributed by atoms with Crippen molar-refractivity contribution in [2.45, 2.75) is 29.8 Å². The lowest BCUT2D eigenvalue weighted by molar-refractivity contribution is -0.139. The molecule has 2 N–H and O–H groups in total. The first-order valence-corrected chi connectivity index (χ1v) is 6.44. The van der Waals surface area contributed by atoms with E-state index in [1.54, 1.807) is 6.92 Å². The summed E-state index contributed by atoms with van der Waals surface area (Å²) in [5.41, 5.74) is -4.28. The summed E-state index contributed by atoms with van der Waals surface area (Å²) in [5.74, 6) is -1.80. The van der Waals surface area contributed by atoms with E-state index in [4.69, 9.17) is 5.11 Å². The third-order valence-corrected chi connectivity index (χ3v) is 3.10. The van der Waals surface area contributed by atoms with Crippen LogP contribution in [0.3, 0.4) is 0 Å². The number of thioether (sulfide) groups is 1. The fourth-order valence-corrected chi connectivity index (χ4v) is 1.93. The second-order valence-corrected chi connectivity index (χ2v) is 4.98. The molecule has 1 rings (SSSR count). The van der Waals surface area contributed by atoms with E-state index in [1.165, 1.54) is 12.1 Å². The van der Waals surface area contributed by atoms with E-state index in [2.05, 4.69) is 5.32 Å². The number of carbonyl (C=O) groups is 2. The minimum absolute atomic E-state index is 0.0423. The molecular weight excluding hydrogens is 295 g/mol. The predicted molar refractivity (Wildman–Crippen MR) is 67.5 cm³/mol. The topological polar surface area (TPSA) is 66.4 Å². The molecule has 1 unspecified atom stereocenters. The van der Waals surface area contributed by atoms with Crippen LogP contribution in [0.4, 0.5) is 13.2 Å². The second-order valence-electron chi connectivity index (χ2n) is 3.84. The van der Waals surface area contributed by atoms with Crippen molar-refractivity contribution in [3.63, 3.8) is 0 Å². The van der Waals surface area contributed by atoms with Gasteiger partial charge >= 0.3 is 11.5 Å². The van der Waals surface area contributed by atoms with E-state index in [9.17, 15) is 22.8 Å². The number of carbonyl (C=O) groups excluding carboxylic acids is 1. The van der Waals surface area contributed by atoms with Crippen LogP contribution in [-0.4, -0.2) is 28.5 Å². The first-order valence-electron chi connectivity index (χ1n) is 5.62. The third kappa shape index (κ3) is 5.12. The van der Waals surface area contributed by atoms with Crippen molar-refractivity contribution in [1.29, 1.82) is 0 Å². The van der Waals surface area contributed by atoms with Gasteiger partial charge in [0.25, 0.3) is 5.91 Å². The largest absolute Gasteiger partial charge is 0.480 e. The molecule has 20 heavy (non-hydrogen) atoms. The third-order valence-electron chi connectivity index (χ3n) is 2.36. The van der Waals surface area contributed by atoms with Gasteiger partial charge in [-0.2, -0.15) is 13.2 Å². The van der Waals surface area contributed by atoms with Crippen LogP contribution in [-0.2, 0) is 4.79 Å². The molecule has 0 aliphatic carbocycles. The summed E-state index contributed by atoms with van der Waals surface area (Å²) in [6.07, 6.45) is 0.211. The van der Waals surface area contributed by atoms with E-state index < -0.39 is 23.4 Å². The normalized spacial score (nSPS) is 12.8. The second kappa shape index (κ2) is 6.65. The summed E-state index contributed by atoms with van der Waals surface area (Å²) >= 11 is -0.281. The summed E-state index contributed by atoms with van der Waals surface area (Å²) in [4.78, 5) is 22.4. The number of aliphatic carboxylic acids is 1. The smallest absolute Gasteiger partial charge is 0.446 e. The Balaban J connectivity index is 2.73. The van der Waals surface area contributed by atoms with E-state index in [0.29, 0.717) is 0 Å². The van der Waals surface area contributed by atoms with E-state index >= 15 is 0 Å². The van der Waals surface area contributed by atoms with Gasteiger partial charge in [0.2, 0.25) is 0 Å². The molecule has 0 aromatic heterocycles. The highest BCUT2D eigenvalue weighted by Crippen LogP contribution is 2.36. The minimum Gasteiger partial charge on any atom is -0.480 e. The highest BCUT2D eigenvalue weighted by Gasteiger charge is 2.29. The molecule has 0 aliphatic rings. The monoisotopic (exact) mass is 307 g/mol. The van der Waals surface area contributed by atoms with Gasteiger partial charge < -0.3 is 10.4 Å². The molecule has 0 fully saturated rings. The van der Waals surface area contributed by atoms with Crippen LogP contribution in [0.25, 0.3) is 0 Å². The highest BCUT2D eigenvalue weighted by atomic mass is 32.2. The average Bonchev–Trinajstić information content (AvgIpc) is 2.34. The van der Waals surface area contributed by atoms with Crippen LogP contribution in [0.2, 0.25) is 0 Å². The molecule has 110 valence electrons. The molecule has 0 spiro atoms. The number of alkyl halides is 3. The Hall–Kier alpha value is -1.70. The Kier molecular flexibility index (Phi) is 5.43. The SMILES string of the molecule is CCC(NC(=O)c1ccc(SC(F)(F)F)cc1)C(=O)O. The Morgan fingerprint density at radius 1 is 1.30 bits per heavy atom. The molecule has 0 radical (unpaired) electrons. The summed E-state index contributed by atoms with van der Waals surface area (Å²) in [6, 6.07) is 3.74. The molecule has 0 aliphatic heterocycles. The zero-order valence-electron chi connectivity index (χ0n) is 10.4. The average molecular weight is 307 g/mol. The van der Waals surface area contributed by atoms with Gasteiger partial charge in [-0.05, 0) is 42.4 Å². The standard InChI is InChI=1S/C12H12F3NO3S/c1-2-9(11(18)19)16-10(17)7-3-5-8(6-4-7)20-12(13,14)15/h3-6,9H,2H2,1H3,(H,16,17)(H,18,19). The molecular formula is C12H12F3NO3S. The summed E-state index contributed by atoms with van der Waals surface area (Å²) in [7, 11) is 0.